The molecule has 1 aliphatic heterocycles. The van der Waals surface area contributed by atoms with Crippen molar-refractivity contribution < 1.29 is 19.2 Å². The summed E-state index contributed by atoms with van der Waals surface area (Å²) in [6.45, 7) is 10.2. The first-order valence-corrected chi connectivity index (χ1v) is 17.0. The minimum Gasteiger partial charge on any atom is -0.385 e. The molecule has 1 aromatic heterocycles. The lowest BCUT2D eigenvalue weighted by Crippen LogP contribution is -2.53. The third kappa shape index (κ3) is 7.94. The van der Waals surface area contributed by atoms with Crippen LogP contribution in [0.1, 0.15) is 76.7 Å². The van der Waals surface area contributed by atoms with Crippen molar-refractivity contribution in [3.63, 3.8) is 0 Å². The summed E-state index contributed by atoms with van der Waals surface area (Å²) in [4.78, 5) is 60.3. The van der Waals surface area contributed by atoms with Crippen molar-refractivity contribution in [2.75, 3.05) is 38.0 Å². The number of imide groups is 1. The molecule has 4 aromatic rings. The second-order valence-electron chi connectivity index (χ2n) is 12.2. The minimum atomic E-state index is -1.02. The number of amides is 4. The Balaban J connectivity index is 1.23. The molecule has 10 heteroatoms. The number of rotatable bonds is 17. The van der Waals surface area contributed by atoms with E-state index >= 15 is 0 Å². The molecule has 4 N–H and O–H groups in total. The summed E-state index contributed by atoms with van der Waals surface area (Å²) in [6, 6.07) is 20.7. The average molecular weight is 651 g/mol. The average Bonchev–Trinajstić information content (AvgIpc) is 3.63. The molecule has 0 spiro atoms. The van der Waals surface area contributed by atoms with Gasteiger partial charge in [0.1, 0.15) is 6.04 Å². The number of anilines is 1. The van der Waals surface area contributed by atoms with Crippen LogP contribution in [0.4, 0.5) is 5.69 Å². The largest absolute Gasteiger partial charge is 0.385 e. The number of hydrogen-bond donors (Lipinski definition) is 4. The van der Waals surface area contributed by atoms with Gasteiger partial charge >= 0.3 is 0 Å². The predicted octanol–water partition coefficient (Wildman–Crippen LogP) is 5.23. The highest BCUT2D eigenvalue weighted by molar-refractivity contribution is 6.23. The highest BCUT2D eigenvalue weighted by Crippen LogP contribution is 2.28. The lowest BCUT2D eigenvalue weighted by Gasteiger charge is -2.28. The molecule has 10 nitrogen and oxygen atoms in total. The normalized spacial score (nSPS) is 13.9. The number of H-pyrrole nitrogens is 1. The number of fused-ring (bicyclic) bond motifs is 2. The molecule has 3 aromatic carbocycles. The summed E-state index contributed by atoms with van der Waals surface area (Å²) in [7, 11) is 0. The van der Waals surface area contributed by atoms with E-state index in [-0.39, 0.29) is 24.3 Å². The van der Waals surface area contributed by atoms with E-state index in [1.54, 1.807) is 36.4 Å². The van der Waals surface area contributed by atoms with Crippen LogP contribution >= 0.6 is 0 Å². The zero-order valence-corrected chi connectivity index (χ0v) is 28.1. The number of likely N-dealkylation sites (N-methyl/N-ethyl adjacent to an activating group) is 1. The van der Waals surface area contributed by atoms with Gasteiger partial charge < -0.3 is 25.8 Å². The van der Waals surface area contributed by atoms with Gasteiger partial charge in [0.2, 0.25) is 5.91 Å². The molecule has 5 rings (SSSR count). The smallest absolute Gasteiger partial charge is 0.262 e. The zero-order valence-electron chi connectivity index (χ0n) is 28.1. The molecule has 4 amide bonds. The van der Waals surface area contributed by atoms with Crippen LogP contribution in [0.3, 0.4) is 0 Å². The molecular formula is C38H46N6O4. The van der Waals surface area contributed by atoms with E-state index in [4.69, 9.17) is 0 Å². The Kier molecular flexibility index (Phi) is 11.6. The summed E-state index contributed by atoms with van der Waals surface area (Å²) in [5, 5.41) is 10.5. The Morgan fingerprint density at radius 2 is 1.50 bits per heavy atom. The minimum absolute atomic E-state index is 0.0975. The van der Waals surface area contributed by atoms with Crippen LogP contribution in [0.25, 0.3) is 10.9 Å². The number of nitrogens with one attached hydrogen (secondary N) is 4. The van der Waals surface area contributed by atoms with E-state index in [2.05, 4.69) is 46.6 Å². The molecule has 0 bridgehead atoms. The lowest BCUT2D eigenvalue weighted by molar-refractivity contribution is -0.125. The van der Waals surface area contributed by atoms with Gasteiger partial charge in [0.25, 0.3) is 17.7 Å². The molecular weight excluding hydrogens is 604 g/mol. The number of carbonyl (C=O) groups is 4. The highest BCUT2D eigenvalue weighted by atomic mass is 16.2. The molecule has 2 unspecified atom stereocenters. The molecule has 0 saturated heterocycles. The number of aromatic amines is 1. The number of para-hydroxylation sites is 1. The number of nitrogens with zero attached hydrogens (tertiary/aromatic N) is 2. The van der Waals surface area contributed by atoms with Gasteiger partial charge in [-0.05, 0) is 74.0 Å². The molecule has 252 valence electrons. The third-order valence-electron chi connectivity index (χ3n) is 9.09. The first-order chi connectivity index (χ1) is 23.3. The maximum absolute atomic E-state index is 14.1. The fourth-order valence-corrected chi connectivity index (χ4v) is 6.34. The van der Waals surface area contributed by atoms with Gasteiger partial charge in [0, 0.05) is 60.4 Å². The van der Waals surface area contributed by atoms with Crippen LogP contribution in [0.2, 0.25) is 0 Å². The Labute approximate surface area is 282 Å². The Hall–Kier alpha value is -4.96. The second-order valence-corrected chi connectivity index (χ2v) is 12.2. The standard InChI is InChI=1S/C38H46N6O4/c1-4-11-29(20-21-39-28-18-16-26(17-19-28)35(45)40-22-23-43(5-2)6-3)42-36(46)34(24-27-25-41-33-15-10-9-12-30(27)33)44-37(47)31-13-7-8-14-32(31)38(44)48/h7-10,12-19,25,29,34,39,41H,4-6,11,20-24H2,1-3H3,(H,40,45)(H,42,46). The maximum atomic E-state index is 14.1. The molecule has 2 atom stereocenters. The maximum Gasteiger partial charge on any atom is 0.262 e. The van der Waals surface area contributed by atoms with Crippen molar-refractivity contribution in [2.45, 2.75) is 58.5 Å². The van der Waals surface area contributed by atoms with Crippen molar-refractivity contribution in [1.29, 1.82) is 0 Å². The lowest BCUT2D eigenvalue weighted by atomic mass is 10.0. The Bertz CT molecular complexity index is 1690. The fourth-order valence-electron chi connectivity index (χ4n) is 6.34. The van der Waals surface area contributed by atoms with Gasteiger partial charge in [-0.3, -0.25) is 24.1 Å². The third-order valence-corrected chi connectivity index (χ3v) is 9.09. The van der Waals surface area contributed by atoms with Gasteiger partial charge in [-0.15, -0.1) is 0 Å². The molecule has 0 saturated carbocycles. The molecule has 0 aliphatic carbocycles. The van der Waals surface area contributed by atoms with Crippen LogP contribution < -0.4 is 16.0 Å². The van der Waals surface area contributed by atoms with E-state index in [0.29, 0.717) is 36.2 Å². The van der Waals surface area contributed by atoms with Crippen LogP contribution in [-0.2, 0) is 11.2 Å². The summed E-state index contributed by atoms with van der Waals surface area (Å²) in [6.07, 6.45) is 4.26. The summed E-state index contributed by atoms with van der Waals surface area (Å²) < 4.78 is 0. The van der Waals surface area contributed by atoms with Gasteiger partial charge in [-0.25, -0.2) is 0 Å². The monoisotopic (exact) mass is 650 g/mol. The zero-order chi connectivity index (χ0) is 34.0. The Morgan fingerprint density at radius 1 is 0.833 bits per heavy atom. The number of carbonyl (C=O) groups excluding carboxylic acids is 4. The van der Waals surface area contributed by atoms with E-state index in [1.807, 2.05) is 42.6 Å². The van der Waals surface area contributed by atoms with Crippen molar-refractivity contribution in [3.8, 4) is 0 Å². The first-order valence-electron chi connectivity index (χ1n) is 17.0. The van der Waals surface area contributed by atoms with Crippen molar-refractivity contribution in [2.24, 2.45) is 0 Å². The number of aromatic nitrogens is 1. The highest BCUT2D eigenvalue weighted by Gasteiger charge is 2.43. The van der Waals surface area contributed by atoms with Gasteiger partial charge in [0.05, 0.1) is 11.1 Å². The summed E-state index contributed by atoms with van der Waals surface area (Å²) in [5.74, 6) is -1.36. The van der Waals surface area contributed by atoms with E-state index < -0.39 is 17.9 Å². The van der Waals surface area contributed by atoms with Crippen molar-refractivity contribution in [1.82, 2.24) is 25.4 Å². The Morgan fingerprint density at radius 3 is 2.17 bits per heavy atom. The molecule has 48 heavy (non-hydrogen) atoms. The van der Waals surface area contributed by atoms with Crippen molar-refractivity contribution in [3.05, 3.63) is 101 Å². The van der Waals surface area contributed by atoms with E-state index in [9.17, 15) is 19.2 Å². The molecule has 2 heterocycles. The number of benzene rings is 3. The van der Waals surface area contributed by atoms with Gasteiger partial charge in [-0.2, -0.15) is 0 Å². The van der Waals surface area contributed by atoms with Gasteiger partial charge in [0.15, 0.2) is 0 Å². The van der Waals surface area contributed by atoms with Crippen LogP contribution in [0.15, 0.2) is 79.0 Å². The molecule has 0 fully saturated rings. The summed E-state index contributed by atoms with van der Waals surface area (Å²) in [5.41, 5.74) is 3.89. The van der Waals surface area contributed by atoms with Crippen LogP contribution in [0, 0.1) is 0 Å². The topological polar surface area (TPSA) is 127 Å². The van der Waals surface area contributed by atoms with Gasteiger partial charge in [-0.1, -0.05) is 57.5 Å². The summed E-state index contributed by atoms with van der Waals surface area (Å²) >= 11 is 0. The fraction of sp³-hybridized carbons (Fsp3) is 0.368. The van der Waals surface area contributed by atoms with Crippen LogP contribution in [-0.4, -0.2) is 83.2 Å². The first kappa shape index (κ1) is 34.4. The SMILES string of the molecule is CCCC(CCNc1ccc(C(=O)NCCN(CC)CC)cc1)NC(=O)C(Cc1c[nH]c2ccccc12)N1C(=O)c2ccccc2C1=O. The van der Waals surface area contributed by atoms with Crippen molar-refractivity contribution >= 4 is 40.2 Å². The predicted molar refractivity (Wildman–Crippen MR) is 189 cm³/mol. The molecule has 0 radical (unpaired) electrons. The van der Waals surface area contributed by atoms with E-state index in [0.717, 1.165) is 59.5 Å². The second kappa shape index (κ2) is 16.2. The van der Waals surface area contributed by atoms with E-state index in [1.165, 1.54) is 0 Å². The number of hydrogen-bond acceptors (Lipinski definition) is 6. The quantitative estimate of drug-likeness (QED) is 0.116. The van der Waals surface area contributed by atoms with Crippen LogP contribution in [0.5, 0.6) is 0 Å². The molecule has 1 aliphatic rings.